The van der Waals surface area contributed by atoms with Crippen LogP contribution in [0.3, 0.4) is 0 Å². The van der Waals surface area contributed by atoms with Gasteiger partial charge in [-0.25, -0.2) is 0 Å². The Bertz CT molecular complexity index is 153. The molecular weight excluding hydrogens is 172 g/mol. The maximum absolute atomic E-state index is 5.06. The number of hydrogen-bond acceptors (Lipinski definition) is 4. The first-order valence-corrected chi connectivity index (χ1v) is 4.14. The van der Waals surface area contributed by atoms with Crippen molar-refractivity contribution in [3.05, 3.63) is 25.7 Å². The highest BCUT2D eigenvalue weighted by atomic mass is 17.2. The smallest absolute Gasteiger partial charge is 0.141 e. The minimum absolute atomic E-state index is 0.136. The Hall–Kier alpha value is -1.00. The van der Waals surface area contributed by atoms with E-state index in [4.69, 9.17) is 14.4 Å². The van der Waals surface area contributed by atoms with Crippen LogP contribution in [0.25, 0.3) is 0 Å². The van der Waals surface area contributed by atoms with E-state index in [1.807, 2.05) is 0 Å². The van der Waals surface area contributed by atoms with Crippen molar-refractivity contribution in [2.24, 2.45) is 0 Å². The molecule has 1 rings (SSSR count). The lowest BCUT2D eigenvalue weighted by molar-refractivity contribution is -0.290. The average Bonchev–Trinajstić information content (AvgIpc) is 2.93. The van der Waals surface area contributed by atoms with E-state index in [2.05, 4.69) is 18.0 Å². The number of epoxide rings is 1. The van der Waals surface area contributed by atoms with Crippen molar-refractivity contribution >= 4 is 0 Å². The molecular formula is C9H14O4. The van der Waals surface area contributed by atoms with Crippen LogP contribution in [0.2, 0.25) is 0 Å². The average molecular weight is 186 g/mol. The van der Waals surface area contributed by atoms with Gasteiger partial charge in [0.2, 0.25) is 0 Å². The largest absolute Gasteiger partial charge is 0.499 e. The van der Waals surface area contributed by atoms with Crippen LogP contribution in [0.5, 0.6) is 0 Å². The molecule has 2 atom stereocenters. The summed E-state index contributed by atoms with van der Waals surface area (Å²) in [5, 5.41) is 0. The highest BCUT2D eigenvalue weighted by molar-refractivity contribution is 4.74. The van der Waals surface area contributed by atoms with Gasteiger partial charge in [-0.15, -0.1) is 0 Å². The van der Waals surface area contributed by atoms with Crippen LogP contribution in [0, 0.1) is 0 Å². The van der Waals surface area contributed by atoms with E-state index >= 15 is 0 Å². The summed E-state index contributed by atoms with van der Waals surface area (Å²) in [6.07, 6.45) is 3.52. The fraction of sp³-hybridized carbons (Fsp3) is 0.556. The van der Waals surface area contributed by atoms with Crippen molar-refractivity contribution < 1.29 is 19.2 Å². The SMILES string of the molecule is C=COCC(CC1CO1)OOC=C. The molecule has 0 aromatic heterocycles. The lowest BCUT2D eigenvalue weighted by atomic mass is 10.2. The van der Waals surface area contributed by atoms with Gasteiger partial charge in [-0.2, -0.15) is 4.89 Å². The minimum Gasteiger partial charge on any atom is -0.499 e. The first-order valence-electron chi connectivity index (χ1n) is 4.14. The van der Waals surface area contributed by atoms with E-state index in [0.29, 0.717) is 6.61 Å². The van der Waals surface area contributed by atoms with Crippen molar-refractivity contribution in [3.63, 3.8) is 0 Å². The van der Waals surface area contributed by atoms with Crippen molar-refractivity contribution in [2.45, 2.75) is 18.6 Å². The van der Waals surface area contributed by atoms with Crippen LogP contribution in [-0.4, -0.2) is 25.4 Å². The summed E-state index contributed by atoms with van der Waals surface area (Å²) in [6, 6.07) is 0. The molecule has 74 valence electrons. The van der Waals surface area contributed by atoms with E-state index in [9.17, 15) is 0 Å². The molecule has 0 aliphatic carbocycles. The third kappa shape index (κ3) is 4.55. The molecule has 1 aliphatic heterocycles. The molecule has 13 heavy (non-hydrogen) atoms. The molecule has 0 saturated carbocycles. The lowest BCUT2D eigenvalue weighted by Crippen LogP contribution is -2.20. The van der Waals surface area contributed by atoms with Gasteiger partial charge in [0.15, 0.2) is 0 Å². The standard InChI is InChI=1S/C9H14O4/c1-3-10-6-9(13-12-4-2)5-8-7-11-8/h3-4,8-9H,1-2,5-7H2. The maximum Gasteiger partial charge on any atom is 0.141 e. The van der Waals surface area contributed by atoms with E-state index in [-0.39, 0.29) is 12.2 Å². The van der Waals surface area contributed by atoms with Crippen LogP contribution in [0.15, 0.2) is 25.7 Å². The first-order chi connectivity index (χ1) is 6.36. The summed E-state index contributed by atoms with van der Waals surface area (Å²) < 4.78 is 10.0. The fourth-order valence-corrected chi connectivity index (χ4v) is 0.926. The Balaban J connectivity index is 2.14. The third-order valence-corrected chi connectivity index (χ3v) is 1.59. The molecule has 0 N–H and O–H groups in total. The predicted octanol–water partition coefficient (Wildman–Crippen LogP) is 1.40. The van der Waals surface area contributed by atoms with Crippen LogP contribution in [0.4, 0.5) is 0 Å². The third-order valence-electron chi connectivity index (χ3n) is 1.59. The van der Waals surface area contributed by atoms with Gasteiger partial charge in [0.05, 0.1) is 19.0 Å². The Morgan fingerprint density at radius 3 is 2.77 bits per heavy atom. The molecule has 1 saturated heterocycles. The van der Waals surface area contributed by atoms with E-state index in [0.717, 1.165) is 13.0 Å². The zero-order chi connectivity index (χ0) is 9.52. The molecule has 0 amide bonds. The molecule has 1 fully saturated rings. The zero-order valence-corrected chi connectivity index (χ0v) is 7.48. The molecule has 0 bridgehead atoms. The number of rotatable bonds is 8. The molecule has 0 spiro atoms. The molecule has 0 aromatic carbocycles. The molecule has 4 nitrogen and oxygen atoms in total. The van der Waals surface area contributed by atoms with Crippen molar-refractivity contribution in [3.8, 4) is 0 Å². The lowest BCUT2D eigenvalue weighted by Gasteiger charge is -2.13. The van der Waals surface area contributed by atoms with Crippen molar-refractivity contribution in [1.29, 1.82) is 0 Å². The Kier molecular flexibility index (Phi) is 4.35. The quantitative estimate of drug-likeness (QED) is 0.248. The van der Waals surface area contributed by atoms with Crippen LogP contribution in [0.1, 0.15) is 6.42 Å². The molecule has 1 aliphatic rings. The summed E-state index contributed by atoms with van der Waals surface area (Å²) in [4.78, 5) is 9.59. The van der Waals surface area contributed by atoms with Crippen LogP contribution < -0.4 is 0 Å². The summed E-state index contributed by atoms with van der Waals surface area (Å²) in [7, 11) is 0. The zero-order valence-electron chi connectivity index (χ0n) is 7.48. The first kappa shape index (κ1) is 10.1. The van der Waals surface area contributed by atoms with Crippen LogP contribution in [-0.2, 0) is 19.2 Å². The predicted molar refractivity (Wildman–Crippen MR) is 46.7 cm³/mol. The van der Waals surface area contributed by atoms with E-state index in [1.165, 1.54) is 12.5 Å². The second-order valence-electron chi connectivity index (χ2n) is 2.67. The maximum atomic E-state index is 5.06. The minimum atomic E-state index is -0.136. The highest BCUT2D eigenvalue weighted by Gasteiger charge is 2.28. The van der Waals surface area contributed by atoms with Crippen LogP contribution >= 0.6 is 0 Å². The number of hydrogen-bond donors (Lipinski definition) is 0. The van der Waals surface area contributed by atoms with Gasteiger partial charge in [0.25, 0.3) is 0 Å². The summed E-state index contributed by atoms with van der Waals surface area (Å²) in [5.74, 6) is 0. The molecule has 1 heterocycles. The van der Waals surface area contributed by atoms with Gasteiger partial charge < -0.3 is 14.4 Å². The Morgan fingerprint density at radius 1 is 1.46 bits per heavy atom. The highest BCUT2D eigenvalue weighted by Crippen LogP contribution is 2.17. The van der Waals surface area contributed by atoms with Gasteiger partial charge in [-0.05, 0) is 0 Å². The summed E-state index contributed by atoms with van der Waals surface area (Å²) >= 11 is 0. The molecule has 2 unspecified atom stereocenters. The topological polar surface area (TPSA) is 40.2 Å². The second kappa shape index (κ2) is 5.61. The Morgan fingerprint density at radius 2 is 2.23 bits per heavy atom. The second-order valence-corrected chi connectivity index (χ2v) is 2.67. The summed E-state index contributed by atoms with van der Waals surface area (Å²) in [6.45, 7) is 8.01. The van der Waals surface area contributed by atoms with E-state index in [1.54, 1.807) is 0 Å². The number of ether oxygens (including phenoxy) is 2. The van der Waals surface area contributed by atoms with Gasteiger partial charge in [-0.1, -0.05) is 13.2 Å². The van der Waals surface area contributed by atoms with Crippen molar-refractivity contribution in [2.75, 3.05) is 13.2 Å². The van der Waals surface area contributed by atoms with E-state index < -0.39 is 0 Å². The van der Waals surface area contributed by atoms with Gasteiger partial charge >= 0.3 is 0 Å². The molecule has 0 aromatic rings. The van der Waals surface area contributed by atoms with Gasteiger partial charge in [-0.3, -0.25) is 0 Å². The van der Waals surface area contributed by atoms with Crippen molar-refractivity contribution in [1.82, 2.24) is 0 Å². The summed E-state index contributed by atoms with van der Waals surface area (Å²) in [5.41, 5.74) is 0. The van der Waals surface area contributed by atoms with Gasteiger partial charge in [0.1, 0.15) is 19.0 Å². The monoisotopic (exact) mass is 186 g/mol. The molecule has 4 heteroatoms. The Labute approximate surface area is 77.7 Å². The fourth-order valence-electron chi connectivity index (χ4n) is 0.926. The normalized spacial score (nSPS) is 21.7. The molecule has 0 radical (unpaired) electrons. The van der Waals surface area contributed by atoms with Gasteiger partial charge in [0, 0.05) is 6.42 Å².